The third-order valence-electron chi connectivity index (χ3n) is 3.74. The Morgan fingerprint density at radius 2 is 1.90 bits per heavy atom. The molecule has 20 heavy (non-hydrogen) atoms. The highest BCUT2D eigenvalue weighted by Crippen LogP contribution is 2.20. The van der Waals surface area contributed by atoms with Gasteiger partial charge in [-0.25, -0.2) is 4.98 Å². The predicted molar refractivity (Wildman–Crippen MR) is 87.6 cm³/mol. The van der Waals surface area contributed by atoms with Crippen molar-refractivity contribution in [2.75, 3.05) is 6.54 Å². The molecule has 0 radical (unpaired) electrons. The van der Waals surface area contributed by atoms with Crippen molar-refractivity contribution in [1.29, 1.82) is 0 Å². The van der Waals surface area contributed by atoms with Crippen molar-refractivity contribution in [3.8, 4) is 0 Å². The Kier molecular flexibility index (Phi) is 6.05. The SMILES string of the molecule is CCCCCCCCNCc1c(C)nc2sc(C)cn12. The van der Waals surface area contributed by atoms with E-state index in [2.05, 4.69) is 41.7 Å². The molecule has 0 aliphatic heterocycles. The van der Waals surface area contributed by atoms with Crippen LogP contribution in [0.1, 0.15) is 61.7 Å². The van der Waals surface area contributed by atoms with Gasteiger partial charge < -0.3 is 5.32 Å². The van der Waals surface area contributed by atoms with E-state index in [0.717, 1.165) is 23.7 Å². The lowest BCUT2D eigenvalue weighted by Gasteiger charge is -2.05. The Labute approximate surface area is 126 Å². The molecule has 0 atom stereocenters. The van der Waals surface area contributed by atoms with Gasteiger partial charge in [0.15, 0.2) is 4.96 Å². The van der Waals surface area contributed by atoms with Gasteiger partial charge in [-0.1, -0.05) is 39.0 Å². The molecule has 0 fully saturated rings. The zero-order valence-corrected chi connectivity index (χ0v) is 13.9. The molecule has 0 saturated carbocycles. The number of unbranched alkanes of at least 4 members (excludes halogenated alkanes) is 5. The van der Waals surface area contributed by atoms with Crippen molar-refractivity contribution < 1.29 is 0 Å². The fourth-order valence-electron chi connectivity index (χ4n) is 2.56. The lowest BCUT2D eigenvalue weighted by molar-refractivity contribution is 0.568. The molecular weight excluding hydrogens is 266 g/mol. The maximum atomic E-state index is 4.62. The molecule has 2 aromatic rings. The number of rotatable bonds is 9. The molecule has 0 amide bonds. The first kappa shape index (κ1) is 15.5. The molecule has 0 aromatic carbocycles. The van der Waals surface area contributed by atoms with E-state index in [4.69, 9.17) is 0 Å². The minimum Gasteiger partial charge on any atom is -0.311 e. The number of aromatic nitrogens is 2. The number of fused-ring (bicyclic) bond motifs is 1. The molecule has 1 N–H and O–H groups in total. The first-order chi connectivity index (χ1) is 9.72. The minimum absolute atomic E-state index is 0.929. The summed E-state index contributed by atoms with van der Waals surface area (Å²) in [6.45, 7) is 8.56. The summed E-state index contributed by atoms with van der Waals surface area (Å²) in [5, 5.41) is 3.56. The molecule has 2 heterocycles. The molecule has 0 unspecified atom stereocenters. The summed E-state index contributed by atoms with van der Waals surface area (Å²) < 4.78 is 2.24. The van der Waals surface area contributed by atoms with Crippen LogP contribution in [-0.2, 0) is 6.54 Å². The Balaban J connectivity index is 1.71. The molecule has 3 nitrogen and oxygen atoms in total. The van der Waals surface area contributed by atoms with Crippen LogP contribution in [0, 0.1) is 13.8 Å². The highest BCUT2D eigenvalue weighted by molar-refractivity contribution is 7.17. The summed E-state index contributed by atoms with van der Waals surface area (Å²) in [5.74, 6) is 0. The predicted octanol–water partition coefficient (Wildman–Crippen LogP) is 4.46. The molecule has 2 aromatic heterocycles. The van der Waals surface area contributed by atoms with Crippen LogP contribution in [0.2, 0.25) is 0 Å². The molecule has 0 spiro atoms. The molecule has 0 bridgehead atoms. The molecule has 0 aliphatic rings. The van der Waals surface area contributed by atoms with Gasteiger partial charge in [0, 0.05) is 17.6 Å². The fraction of sp³-hybridized carbons (Fsp3) is 0.688. The van der Waals surface area contributed by atoms with Crippen LogP contribution in [0.4, 0.5) is 0 Å². The van der Waals surface area contributed by atoms with Gasteiger partial charge >= 0.3 is 0 Å². The van der Waals surface area contributed by atoms with Gasteiger partial charge in [-0.05, 0) is 26.8 Å². The zero-order chi connectivity index (χ0) is 14.4. The van der Waals surface area contributed by atoms with Crippen LogP contribution < -0.4 is 5.32 Å². The van der Waals surface area contributed by atoms with Gasteiger partial charge in [0.2, 0.25) is 0 Å². The van der Waals surface area contributed by atoms with Crippen molar-refractivity contribution >= 4 is 16.3 Å². The number of imidazole rings is 1. The number of hydrogen-bond donors (Lipinski definition) is 1. The molecule has 2 rings (SSSR count). The number of thiazole rings is 1. The van der Waals surface area contributed by atoms with Crippen molar-refractivity contribution in [1.82, 2.24) is 14.7 Å². The lowest BCUT2D eigenvalue weighted by atomic mass is 10.1. The van der Waals surface area contributed by atoms with Crippen LogP contribution in [0.5, 0.6) is 0 Å². The van der Waals surface area contributed by atoms with Gasteiger partial charge in [0.25, 0.3) is 0 Å². The highest BCUT2D eigenvalue weighted by Gasteiger charge is 2.10. The van der Waals surface area contributed by atoms with Gasteiger partial charge in [-0.3, -0.25) is 4.40 Å². The van der Waals surface area contributed by atoms with Gasteiger partial charge in [-0.2, -0.15) is 0 Å². The maximum Gasteiger partial charge on any atom is 0.194 e. The summed E-state index contributed by atoms with van der Waals surface area (Å²) >= 11 is 1.77. The molecule has 0 saturated heterocycles. The van der Waals surface area contributed by atoms with Crippen molar-refractivity contribution in [2.45, 2.75) is 65.8 Å². The van der Waals surface area contributed by atoms with Gasteiger partial charge in [0.05, 0.1) is 11.4 Å². The average Bonchev–Trinajstić information content (AvgIpc) is 2.89. The van der Waals surface area contributed by atoms with E-state index in [1.807, 2.05) is 0 Å². The minimum atomic E-state index is 0.929. The van der Waals surface area contributed by atoms with E-state index in [-0.39, 0.29) is 0 Å². The van der Waals surface area contributed by atoms with Crippen LogP contribution in [-0.4, -0.2) is 15.9 Å². The molecule has 0 aliphatic carbocycles. The monoisotopic (exact) mass is 293 g/mol. The average molecular weight is 293 g/mol. The summed E-state index contributed by atoms with van der Waals surface area (Å²) in [7, 11) is 0. The third kappa shape index (κ3) is 4.06. The number of nitrogens with zero attached hydrogens (tertiary/aromatic N) is 2. The van der Waals surface area contributed by atoms with Crippen LogP contribution in [0.25, 0.3) is 4.96 Å². The Bertz CT molecular complexity index is 527. The fourth-order valence-corrected chi connectivity index (χ4v) is 3.45. The molecule has 4 heteroatoms. The second-order valence-electron chi connectivity index (χ2n) is 5.58. The summed E-state index contributed by atoms with van der Waals surface area (Å²) in [4.78, 5) is 7.07. The van der Waals surface area contributed by atoms with E-state index in [9.17, 15) is 0 Å². The van der Waals surface area contributed by atoms with Crippen LogP contribution in [0.3, 0.4) is 0 Å². The van der Waals surface area contributed by atoms with Crippen LogP contribution >= 0.6 is 11.3 Å². The third-order valence-corrected chi connectivity index (χ3v) is 4.64. The normalized spacial score (nSPS) is 11.6. The van der Waals surface area contributed by atoms with E-state index in [0.29, 0.717) is 0 Å². The maximum absolute atomic E-state index is 4.62. The van der Waals surface area contributed by atoms with Gasteiger partial charge in [0.1, 0.15) is 0 Å². The zero-order valence-electron chi connectivity index (χ0n) is 13.0. The number of hydrogen-bond acceptors (Lipinski definition) is 3. The van der Waals surface area contributed by atoms with E-state index in [1.165, 1.54) is 49.1 Å². The van der Waals surface area contributed by atoms with E-state index in [1.54, 1.807) is 11.3 Å². The Hall–Kier alpha value is -0.870. The lowest BCUT2D eigenvalue weighted by Crippen LogP contribution is -2.16. The highest BCUT2D eigenvalue weighted by atomic mass is 32.1. The smallest absolute Gasteiger partial charge is 0.194 e. The summed E-state index contributed by atoms with van der Waals surface area (Å²) in [5.41, 5.74) is 2.47. The van der Waals surface area contributed by atoms with Crippen molar-refractivity contribution in [3.63, 3.8) is 0 Å². The second kappa shape index (κ2) is 7.79. The van der Waals surface area contributed by atoms with Crippen molar-refractivity contribution in [2.24, 2.45) is 0 Å². The van der Waals surface area contributed by atoms with E-state index >= 15 is 0 Å². The quantitative estimate of drug-likeness (QED) is 0.692. The van der Waals surface area contributed by atoms with E-state index < -0.39 is 0 Å². The van der Waals surface area contributed by atoms with Crippen molar-refractivity contribution in [3.05, 3.63) is 22.5 Å². The summed E-state index contributed by atoms with van der Waals surface area (Å²) in [6.07, 6.45) is 10.3. The molecular formula is C16H27N3S. The Morgan fingerprint density at radius 3 is 2.70 bits per heavy atom. The largest absolute Gasteiger partial charge is 0.311 e. The van der Waals surface area contributed by atoms with Gasteiger partial charge in [-0.15, -0.1) is 11.3 Å². The summed E-state index contributed by atoms with van der Waals surface area (Å²) in [6, 6.07) is 0. The second-order valence-corrected chi connectivity index (χ2v) is 6.80. The topological polar surface area (TPSA) is 29.3 Å². The Morgan fingerprint density at radius 1 is 1.15 bits per heavy atom. The standard InChI is InChI=1S/C16H27N3S/c1-4-5-6-7-8-9-10-17-11-15-14(3)18-16-19(15)12-13(2)20-16/h12,17H,4-11H2,1-3H3. The van der Waals surface area contributed by atoms with Crippen LogP contribution in [0.15, 0.2) is 6.20 Å². The number of aryl methyl sites for hydroxylation is 2. The first-order valence-corrected chi connectivity index (χ1v) is 8.68. The first-order valence-electron chi connectivity index (χ1n) is 7.87. The number of nitrogens with one attached hydrogen (secondary N) is 1. The molecule has 112 valence electrons.